The van der Waals surface area contributed by atoms with Gasteiger partial charge in [0.2, 0.25) is 5.91 Å². The smallest absolute Gasteiger partial charge is 0.305 e. The Bertz CT molecular complexity index is 715. The summed E-state index contributed by atoms with van der Waals surface area (Å²) in [5, 5.41) is 11.9. The van der Waals surface area contributed by atoms with E-state index >= 15 is 0 Å². The van der Waals surface area contributed by atoms with Gasteiger partial charge in [-0.3, -0.25) is 9.59 Å². The molecular formula is C21H25NO4. The first-order chi connectivity index (χ1) is 12.5. The lowest BCUT2D eigenvalue weighted by Crippen LogP contribution is -2.30. The molecule has 5 heteroatoms. The largest absolute Gasteiger partial charge is 0.494 e. The second-order valence-corrected chi connectivity index (χ2v) is 6.25. The summed E-state index contributed by atoms with van der Waals surface area (Å²) in [6, 6.07) is 16.5. The van der Waals surface area contributed by atoms with Gasteiger partial charge in [0.1, 0.15) is 5.75 Å². The number of benzene rings is 2. The van der Waals surface area contributed by atoms with Crippen molar-refractivity contribution in [3.8, 4) is 5.75 Å². The molecule has 0 heterocycles. The van der Waals surface area contributed by atoms with Crippen LogP contribution >= 0.6 is 0 Å². The van der Waals surface area contributed by atoms with Crippen molar-refractivity contribution < 1.29 is 19.4 Å². The van der Waals surface area contributed by atoms with Crippen molar-refractivity contribution in [2.24, 2.45) is 0 Å². The molecule has 2 N–H and O–H groups in total. The maximum atomic E-state index is 12.1. The highest BCUT2D eigenvalue weighted by Crippen LogP contribution is 2.17. The predicted molar refractivity (Wildman–Crippen MR) is 100 cm³/mol. The number of carboxylic acid groups (broad SMARTS) is 1. The first kappa shape index (κ1) is 19.5. The number of unbranched alkanes of at least 4 members (excludes halogenated alkanes) is 1. The number of aryl methyl sites for hydroxylation is 1. The van der Waals surface area contributed by atoms with Crippen molar-refractivity contribution in [2.75, 3.05) is 6.61 Å². The molecule has 5 nitrogen and oxygen atoms in total. The van der Waals surface area contributed by atoms with Gasteiger partial charge in [0.25, 0.3) is 0 Å². The van der Waals surface area contributed by atoms with Crippen molar-refractivity contribution in [2.45, 2.75) is 38.6 Å². The van der Waals surface area contributed by atoms with Crippen molar-refractivity contribution in [3.63, 3.8) is 0 Å². The second-order valence-electron chi connectivity index (χ2n) is 6.25. The molecule has 0 aliphatic rings. The SMILES string of the molecule is Cc1cccc(OCCCCC(=O)NC(CC(=O)O)c2ccccc2)c1. The monoisotopic (exact) mass is 355 g/mol. The van der Waals surface area contributed by atoms with Gasteiger partial charge in [0.15, 0.2) is 0 Å². The maximum Gasteiger partial charge on any atom is 0.305 e. The van der Waals surface area contributed by atoms with Crippen LogP contribution in [0.2, 0.25) is 0 Å². The van der Waals surface area contributed by atoms with E-state index in [-0.39, 0.29) is 12.3 Å². The van der Waals surface area contributed by atoms with Gasteiger partial charge in [0.05, 0.1) is 19.1 Å². The molecule has 0 aromatic heterocycles. The zero-order valence-electron chi connectivity index (χ0n) is 15.0. The number of hydrogen-bond donors (Lipinski definition) is 2. The number of carbonyl (C=O) groups is 2. The Kier molecular flexibility index (Phi) is 7.68. The van der Waals surface area contributed by atoms with E-state index in [1.165, 1.54) is 0 Å². The molecule has 0 fully saturated rings. The maximum absolute atomic E-state index is 12.1. The Labute approximate surface area is 154 Å². The second kappa shape index (κ2) is 10.2. The first-order valence-corrected chi connectivity index (χ1v) is 8.80. The Balaban J connectivity index is 1.73. The molecule has 0 aliphatic heterocycles. The topological polar surface area (TPSA) is 75.6 Å². The fourth-order valence-corrected chi connectivity index (χ4v) is 2.66. The molecule has 2 aromatic carbocycles. The van der Waals surface area contributed by atoms with E-state index in [0.717, 1.165) is 23.3 Å². The Morgan fingerprint density at radius 2 is 1.85 bits per heavy atom. The van der Waals surface area contributed by atoms with Gasteiger partial charge in [-0.1, -0.05) is 42.5 Å². The van der Waals surface area contributed by atoms with Gasteiger partial charge < -0.3 is 15.2 Å². The van der Waals surface area contributed by atoms with Crippen LogP contribution in [0.15, 0.2) is 54.6 Å². The van der Waals surface area contributed by atoms with Crippen LogP contribution in [-0.4, -0.2) is 23.6 Å². The van der Waals surface area contributed by atoms with Crippen LogP contribution in [0.25, 0.3) is 0 Å². The van der Waals surface area contributed by atoms with Gasteiger partial charge >= 0.3 is 5.97 Å². The molecule has 0 bridgehead atoms. The summed E-state index contributed by atoms with van der Waals surface area (Å²) in [6.45, 7) is 2.56. The van der Waals surface area contributed by atoms with Crippen LogP contribution in [0, 0.1) is 6.92 Å². The summed E-state index contributed by atoms with van der Waals surface area (Å²) in [7, 11) is 0. The lowest BCUT2D eigenvalue weighted by molar-refractivity contribution is -0.137. The third kappa shape index (κ3) is 6.97. The molecular weight excluding hydrogens is 330 g/mol. The van der Waals surface area contributed by atoms with Crippen LogP contribution in [0.4, 0.5) is 0 Å². The Hall–Kier alpha value is -2.82. The average Bonchev–Trinajstić information content (AvgIpc) is 2.61. The lowest BCUT2D eigenvalue weighted by atomic mass is 10.0. The normalized spacial score (nSPS) is 11.6. The van der Waals surface area contributed by atoms with Crippen LogP contribution in [0.3, 0.4) is 0 Å². The third-order valence-corrected chi connectivity index (χ3v) is 3.97. The van der Waals surface area contributed by atoms with Crippen LogP contribution in [-0.2, 0) is 9.59 Å². The average molecular weight is 355 g/mol. The zero-order valence-corrected chi connectivity index (χ0v) is 15.0. The standard InChI is InChI=1S/C21H25NO4/c1-16-8-7-11-18(14-16)26-13-6-5-12-20(23)22-19(15-21(24)25)17-9-3-2-4-10-17/h2-4,7-11,14,19H,5-6,12-13,15H2,1H3,(H,22,23)(H,24,25). The van der Waals surface area contributed by atoms with Crippen LogP contribution < -0.4 is 10.1 Å². The van der Waals surface area contributed by atoms with Gasteiger partial charge in [0, 0.05) is 6.42 Å². The van der Waals surface area contributed by atoms with E-state index in [2.05, 4.69) is 5.32 Å². The van der Waals surface area contributed by atoms with Crippen molar-refractivity contribution in [1.29, 1.82) is 0 Å². The predicted octanol–water partition coefficient (Wildman–Crippen LogP) is 3.88. The highest BCUT2D eigenvalue weighted by molar-refractivity contribution is 5.77. The molecule has 1 atom stereocenters. The van der Waals surface area contributed by atoms with E-state index < -0.39 is 12.0 Å². The summed E-state index contributed by atoms with van der Waals surface area (Å²) in [6.07, 6.45) is 1.66. The molecule has 0 saturated heterocycles. The van der Waals surface area contributed by atoms with Gasteiger partial charge in [-0.15, -0.1) is 0 Å². The number of carbonyl (C=O) groups excluding carboxylic acids is 1. The Morgan fingerprint density at radius 3 is 2.54 bits per heavy atom. The molecule has 0 radical (unpaired) electrons. The summed E-state index contributed by atoms with van der Waals surface area (Å²) < 4.78 is 5.66. The lowest BCUT2D eigenvalue weighted by Gasteiger charge is -2.17. The number of aliphatic carboxylic acids is 1. The van der Waals surface area contributed by atoms with Crippen LogP contribution in [0.5, 0.6) is 5.75 Å². The summed E-state index contributed by atoms with van der Waals surface area (Å²) in [5.74, 6) is -0.249. The van der Waals surface area contributed by atoms with Crippen molar-refractivity contribution in [3.05, 3.63) is 65.7 Å². The van der Waals surface area contributed by atoms with Crippen molar-refractivity contribution >= 4 is 11.9 Å². The number of hydrogen-bond acceptors (Lipinski definition) is 3. The van der Waals surface area contributed by atoms with Gasteiger partial charge in [-0.2, -0.15) is 0 Å². The zero-order chi connectivity index (χ0) is 18.8. The summed E-state index contributed by atoms with van der Waals surface area (Å²) in [4.78, 5) is 23.2. The molecule has 138 valence electrons. The minimum atomic E-state index is -0.939. The molecule has 26 heavy (non-hydrogen) atoms. The molecule has 0 spiro atoms. The first-order valence-electron chi connectivity index (χ1n) is 8.80. The van der Waals surface area contributed by atoms with E-state index in [9.17, 15) is 9.59 Å². The summed E-state index contributed by atoms with van der Waals surface area (Å²) >= 11 is 0. The minimum absolute atomic E-state index is 0.133. The van der Waals surface area contributed by atoms with E-state index in [1.54, 1.807) is 0 Å². The number of amides is 1. The van der Waals surface area contributed by atoms with Gasteiger partial charge in [-0.05, 0) is 43.0 Å². The fourth-order valence-electron chi connectivity index (χ4n) is 2.66. The number of nitrogens with one attached hydrogen (secondary N) is 1. The molecule has 0 aliphatic carbocycles. The van der Waals surface area contributed by atoms with Gasteiger partial charge in [-0.25, -0.2) is 0 Å². The van der Waals surface area contributed by atoms with E-state index in [4.69, 9.17) is 9.84 Å². The number of ether oxygens (including phenoxy) is 1. The minimum Gasteiger partial charge on any atom is -0.494 e. The number of carboxylic acids is 1. The van der Waals surface area contributed by atoms with E-state index in [0.29, 0.717) is 19.4 Å². The third-order valence-electron chi connectivity index (χ3n) is 3.97. The number of rotatable bonds is 10. The Morgan fingerprint density at radius 1 is 1.08 bits per heavy atom. The highest BCUT2D eigenvalue weighted by atomic mass is 16.5. The van der Waals surface area contributed by atoms with Crippen LogP contribution in [0.1, 0.15) is 42.9 Å². The summed E-state index contributed by atoms with van der Waals surface area (Å²) in [5.41, 5.74) is 1.94. The van der Waals surface area contributed by atoms with Crippen molar-refractivity contribution in [1.82, 2.24) is 5.32 Å². The highest BCUT2D eigenvalue weighted by Gasteiger charge is 2.17. The molecule has 2 aromatic rings. The molecule has 1 amide bonds. The molecule has 1 unspecified atom stereocenters. The van der Waals surface area contributed by atoms with E-state index in [1.807, 2.05) is 61.5 Å². The molecule has 0 saturated carbocycles. The molecule has 2 rings (SSSR count). The quantitative estimate of drug-likeness (QED) is 0.634. The fraction of sp³-hybridized carbons (Fsp3) is 0.333.